The van der Waals surface area contributed by atoms with Crippen LogP contribution in [0.3, 0.4) is 0 Å². The number of Topliss-reactive ketones (excluding diaryl/α,β-unsaturated/α-hetero) is 1. The van der Waals surface area contributed by atoms with Crippen molar-refractivity contribution in [2.24, 2.45) is 0 Å². The number of ether oxygens (including phenoxy) is 2. The molecule has 2 N–H and O–H groups in total. The van der Waals surface area contributed by atoms with Gasteiger partial charge in [-0.15, -0.1) is 0 Å². The summed E-state index contributed by atoms with van der Waals surface area (Å²) >= 11 is 0. The number of aromatic hydroxyl groups is 1. The molecule has 1 fully saturated rings. The minimum atomic E-state index is -0.816. The highest BCUT2D eigenvalue weighted by atomic mass is 16.5. The fourth-order valence-electron chi connectivity index (χ4n) is 4.16. The zero-order valence-corrected chi connectivity index (χ0v) is 20.3. The monoisotopic (exact) mass is 468 g/mol. The summed E-state index contributed by atoms with van der Waals surface area (Å²) < 4.78 is 10.8. The van der Waals surface area contributed by atoms with Crippen molar-refractivity contribution < 1.29 is 29.3 Å². The molecule has 0 radical (unpaired) electrons. The van der Waals surface area contributed by atoms with Crippen LogP contribution in [-0.4, -0.2) is 72.6 Å². The normalized spacial score (nSPS) is 17.5. The second-order valence-electron chi connectivity index (χ2n) is 8.49. The minimum absolute atomic E-state index is 0.0104. The van der Waals surface area contributed by atoms with Crippen LogP contribution in [0.2, 0.25) is 0 Å². The van der Waals surface area contributed by atoms with Crippen molar-refractivity contribution in [2.75, 3.05) is 40.9 Å². The quantitative estimate of drug-likeness (QED) is 0.330. The maximum absolute atomic E-state index is 13.2. The molecule has 0 aliphatic carbocycles. The first-order valence-electron chi connectivity index (χ1n) is 11.2. The zero-order chi connectivity index (χ0) is 25.0. The van der Waals surface area contributed by atoms with Crippen molar-refractivity contribution in [1.82, 2.24) is 9.80 Å². The molecule has 1 aliphatic heterocycles. The summed E-state index contributed by atoms with van der Waals surface area (Å²) in [6.07, 6.45) is 0.647. The molecule has 2 aromatic carbocycles. The van der Waals surface area contributed by atoms with Crippen LogP contribution in [0.1, 0.15) is 36.1 Å². The van der Waals surface area contributed by atoms with Crippen molar-refractivity contribution in [2.45, 2.75) is 26.3 Å². The fraction of sp³-hybridized carbons (Fsp3) is 0.385. The summed E-state index contributed by atoms with van der Waals surface area (Å²) in [5.74, 6) is -0.823. The van der Waals surface area contributed by atoms with Crippen LogP contribution in [0.15, 0.2) is 42.0 Å². The number of phenols is 1. The topological polar surface area (TPSA) is 99.5 Å². The van der Waals surface area contributed by atoms with Crippen LogP contribution >= 0.6 is 0 Å². The molecule has 0 aromatic heterocycles. The first-order chi connectivity index (χ1) is 16.2. The fourth-order valence-corrected chi connectivity index (χ4v) is 4.16. The van der Waals surface area contributed by atoms with Crippen molar-refractivity contribution in [3.05, 3.63) is 58.7 Å². The van der Waals surface area contributed by atoms with Crippen molar-refractivity contribution in [1.29, 1.82) is 0 Å². The third-order valence-electron chi connectivity index (χ3n) is 5.83. The second kappa shape index (κ2) is 10.6. The number of aliphatic hydroxyl groups excluding tert-OH is 1. The van der Waals surface area contributed by atoms with E-state index in [4.69, 9.17) is 9.47 Å². The predicted octanol–water partition coefficient (Wildman–Crippen LogP) is 3.48. The van der Waals surface area contributed by atoms with Crippen molar-refractivity contribution in [3.8, 4) is 17.2 Å². The molecule has 1 unspecified atom stereocenters. The summed E-state index contributed by atoms with van der Waals surface area (Å²) in [6.45, 7) is 4.99. The Hall–Kier alpha value is -3.52. The van der Waals surface area contributed by atoms with Gasteiger partial charge in [0.1, 0.15) is 11.5 Å². The molecule has 0 saturated carbocycles. The van der Waals surface area contributed by atoms with E-state index in [0.29, 0.717) is 42.0 Å². The van der Waals surface area contributed by atoms with Gasteiger partial charge in [0.2, 0.25) is 0 Å². The number of rotatable bonds is 9. The van der Waals surface area contributed by atoms with Gasteiger partial charge in [-0.2, -0.15) is 0 Å². The number of nitrogens with zero attached hydrogens (tertiary/aromatic N) is 2. The van der Waals surface area contributed by atoms with Gasteiger partial charge in [-0.05, 0) is 82.4 Å². The smallest absolute Gasteiger partial charge is 0.295 e. The average molecular weight is 469 g/mol. The SMILES string of the molecule is CCOc1cc(C2/C(=C(\O)c3ccc(OC)cc3C)C(=O)C(=O)N2CCCN(C)C)ccc1O. The number of ketones is 1. The highest BCUT2D eigenvalue weighted by molar-refractivity contribution is 6.46. The maximum atomic E-state index is 13.2. The number of methoxy groups -OCH3 is 1. The first kappa shape index (κ1) is 25.1. The average Bonchev–Trinajstić information content (AvgIpc) is 3.05. The van der Waals surface area contributed by atoms with E-state index >= 15 is 0 Å². The van der Waals surface area contributed by atoms with Crippen LogP contribution in [0.25, 0.3) is 5.76 Å². The molecule has 1 amide bonds. The third-order valence-corrected chi connectivity index (χ3v) is 5.83. The van der Waals surface area contributed by atoms with E-state index in [0.717, 1.165) is 6.54 Å². The van der Waals surface area contributed by atoms with Gasteiger partial charge in [0.25, 0.3) is 11.7 Å². The van der Waals surface area contributed by atoms with Crippen LogP contribution in [0.5, 0.6) is 17.2 Å². The lowest BCUT2D eigenvalue weighted by molar-refractivity contribution is -0.139. The number of benzene rings is 2. The Kier molecular flexibility index (Phi) is 7.83. The van der Waals surface area contributed by atoms with Crippen molar-refractivity contribution in [3.63, 3.8) is 0 Å². The lowest BCUT2D eigenvalue weighted by Crippen LogP contribution is -2.32. The number of amides is 1. The lowest BCUT2D eigenvalue weighted by Gasteiger charge is -2.26. The summed E-state index contributed by atoms with van der Waals surface area (Å²) in [4.78, 5) is 29.8. The number of phenolic OH excluding ortho intramolecular Hbond substituents is 1. The molecule has 8 nitrogen and oxygen atoms in total. The molecule has 0 bridgehead atoms. The summed E-state index contributed by atoms with van der Waals surface area (Å²) in [5.41, 5.74) is 1.73. The number of aryl methyl sites for hydroxylation is 1. The van der Waals surface area contributed by atoms with Gasteiger partial charge in [0.15, 0.2) is 11.5 Å². The van der Waals surface area contributed by atoms with Crippen LogP contribution < -0.4 is 9.47 Å². The number of aliphatic hydroxyl groups is 1. The highest BCUT2D eigenvalue weighted by Gasteiger charge is 2.46. The van der Waals surface area contributed by atoms with Crippen LogP contribution in [0.4, 0.5) is 0 Å². The molecule has 1 atom stereocenters. The van der Waals surface area contributed by atoms with Crippen LogP contribution in [-0.2, 0) is 9.59 Å². The van der Waals surface area contributed by atoms with E-state index in [-0.39, 0.29) is 22.8 Å². The van der Waals surface area contributed by atoms with Gasteiger partial charge in [-0.25, -0.2) is 0 Å². The number of carbonyl (C=O) groups excluding carboxylic acids is 2. The number of hydrogen-bond acceptors (Lipinski definition) is 7. The molecule has 1 heterocycles. The summed E-state index contributed by atoms with van der Waals surface area (Å²) in [5, 5.41) is 21.5. The van der Waals surface area contributed by atoms with Gasteiger partial charge < -0.3 is 29.5 Å². The van der Waals surface area contributed by atoms with Crippen molar-refractivity contribution >= 4 is 17.4 Å². The first-order valence-corrected chi connectivity index (χ1v) is 11.2. The van der Waals surface area contributed by atoms with E-state index in [2.05, 4.69) is 0 Å². The minimum Gasteiger partial charge on any atom is -0.507 e. The molecule has 34 heavy (non-hydrogen) atoms. The molecule has 1 aliphatic rings. The van der Waals surface area contributed by atoms with Gasteiger partial charge in [0.05, 0.1) is 25.3 Å². The highest BCUT2D eigenvalue weighted by Crippen LogP contribution is 2.42. The summed E-state index contributed by atoms with van der Waals surface area (Å²) in [6, 6.07) is 9.03. The number of likely N-dealkylation sites (tertiary alicyclic amines) is 1. The molecule has 1 saturated heterocycles. The molecule has 0 spiro atoms. The van der Waals surface area contributed by atoms with E-state index in [9.17, 15) is 19.8 Å². The second-order valence-corrected chi connectivity index (χ2v) is 8.49. The number of hydrogen-bond donors (Lipinski definition) is 2. The standard InChI is InChI=1S/C26H32N2O6/c1-6-34-21-15-17(8-11-20(21)29)23-22(24(30)19-10-9-18(33-5)14-16(19)2)25(31)26(32)28(23)13-7-12-27(3)4/h8-11,14-15,23,29-30H,6-7,12-13H2,1-5H3/b24-22+. The molecular weight excluding hydrogens is 436 g/mol. The third kappa shape index (κ3) is 5.02. The Morgan fingerprint density at radius 2 is 1.88 bits per heavy atom. The van der Waals surface area contributed by atoms with Crippen LogP contribution in [0, 0.1) is 6.92 Å². The van der Waals surface area contributed by atoms with Gasteiger partial charge in [-0.1, -0.05) is 6.07 Å². The molecule has 182 valence electrons. The molecule has 3 rings (SSSR count). The van der Waals surface area contributed by atoms with Gasteiger partial charge in [0, 0.05) is 12.1 Å². The van der Waals surface area contributed by atoms with E-state index < -0.39 is 17.7 Å². The Morgan fingerprint density at radius 3 is 2.50 bits per heavy atom. The predicted molar refractivity (Wildman–Crippen MR) is 129 cm³/mol. The Labute approximate surface area is 200 Å². The van der Waals surface area contributed by atoms with E-state index in [1.54, 1.807) is 51.3 Å². The summed E-state index contributed by atoms with van der Waals surface area (Å²) in [7, 11) is 5.42. The number of carbonyl (C=O) groups is 2. The molecular formula is C26H32N2O6. The van der Waals surface area contributed by atoms with E-state index in [1.807, 2.05) is 19.0 Å². The maximum Gasteiger partial charge on any atom is 0.295 e. The van der Waals surface area contributed by atoms with Gasteiger partial charge in [-0.3, -0.25) is 9.59 Å². The Morgan fingerprint density at radius 1 is 1.15 bits per heavy atom. The van der Waals surface area contributed by atoms with E-state index in [1.165, 1.54) is 11.0 Å². The largest absolute Gasteiger partial charge is 0.507 e. The zero-order valence-electron chi connectivity index (χ0n) is 20.3. The Bertz CT molecular complexity index is 1110. The van der Waals surface area contributed by atoms with Gasteiger partial charge >= 0.3 is 0 Å². The lowest BCUT2D eigenvalue weighted by atomic mass is 9.93. The molecule has 2 aromatic rings. The Balaban J connectivity index is 2.16. The molecule has 8 heteroatoms.